The topological polar surface area (TPSA) is 6.48 Å². The lowest BCUT2D eigenvalue weighted by Crippen LogP contribution is -2.22. The second-order valence-electron chi connectivity index (χ2n) is 14.6. The molecule has 4 aromatic rings. The van der Waals surface area contributed by atoms with Crippen LogP contribution in [0.5, 0.6) is 0 Å². The Bertz CT molecular complexity index is 1930. The number of allylic oxidation sites excluding steroid dienone is 8. The Morgan fingerprint density at radius 2 is 1.40 bits per heavy atom. The summed E-state index contributed by atoms with van der Waals surface area (Å²) in [5.74, 6) is 0. The van der Waals surface area contributed by atoms with E-state index in [0.717, 1.165) is 29.8 Å². The lowest BCUT2D eigenvalue weighted by atomic mass is 9.75. The minimum absolute atomic E-state index is 0.0891. The van der Waals surface area contributed by atoms with Crippen molar-refractivity contribution >= 4 is 17.1 Å². The first-order valence-electron chi connectivity index (χ1n) is 17.2. The van der Waals surface area contributed by atoms with Crippen molar-refractivity contribution in [3.8, 4) is 0 Å². The summed E-state index contributed by atoms with van der Waals surface area (Å²) in [6, 6.07) is 35.1. The molecule has 1 aliphatic carbocycles. The van der Waals surface area contributed by atoms with Crippen molar-refractivity contribution in [2.24, 2.45) is 0 Å². The lowest BCUT2D eigenvalue weighted by molar-refractivity contribution is 0.636. The second kappa shape index (κ2) is 13.0. The number of benzene rings is 4. The predicted molar refractivity (Wildman–Crippen MR) is 207 cm³/mol. The zero-order valence-electron chi connectivity index (χ0n) is 30.1. The van der Waals surface area contributed by atoms with Gasteiger partial charge >= 0.3 is 0 Å². The highest BCUT2D eigenvalue weighted by molar-refractivity contribution is 5.75. The Morgan fingerprint density at radius 1 is 0.792 bits per heavy atom. The van der Waals surface area contributed by atoms with E-state index in [1.807, 2.05) is 0 Å². The van der Waals surface area contributed by atoms with Crippen LogP contribution in [-0.4, -0.2) is 7.05 Å². The van der Waals surface area contributed by atoms with Gasteiger partial charge in [0.15, 0.2) is 0 Å². The highest BCUT2D eigenvalue weighted by atomic mass is 15.2. The van der Waals surface area contributed by atoms with E-state index < -0.39 is 0 Å². The van der Waals surface area contributed by atoms with Crippen LogP contribution in [0.15, 0.2) is 156 Å². The zero-order valence-corrected chi connectivity index (χ0v) is 30.1. The summed E-state index contributed by atoms with van der Waals surface area (Å²) in [5, 5.41) is 0. The van der Waals surface area contributed by atoms with Crippen LogP contribution in [0.2, 0.25) is 0 Å². The van der Waals surface area contributed by atoms with Crippen LogP contribution >= 0.6 is 0 Å². The summed E-state index contributed by atoms with van der Waals surface area (Å²) < 4.78 is 0. The van der Waals surface area contributed by atoms with Gasteiger partial charge in [-0.05, 0) is 103 Å². The third kappa shape index (κ3) is 6.13. The molecule has 0 bridgehead atoms. The standard InChI is InChI=1S/C46H50N2/c1-32-20-22-34(3)40(30-32)45(5,6)35(4)23-24-36-25-26-37(27-29-43-46(7,8)41-31-33(2)21-28-42(41)47(43)9)44(36)48(38-16-12-10-13-17-38)39-18-14-11-15-19-39/h10-24,27-31H,4,25-26H2,1-3,5-9H3/b24-23+,37-27+,43-29+. The van der Waals surface area contributed by atoms with Gasteiger partial charge in [0.05, 0.1) is 5.70 Å². The molecule has 0 spiro atoms. The first kappa shape index (κ1) is 33.1. The van der Waals surface area contributed by atoms with Crippen molar-refractivity contribution < 1.29 is 0 Å². The van der Waals surface area contributed by atoms with Gasteiger partial charge in [-0.15, -0.1) is 0 Å². The van der Waals surface area contributed by atoms with Crippen LogP contribution in [0.4, 0.5) is 17.1 Å². The molecule has 1 heterocycles. The molecule has 48 heavy (non-hydrogen) atoms. The Morgan fingerprint density at radius 3 is 2.04 bits per heavy atom. The van der Waals surface area contributed by atoms with Crippen molar-refractivity contribution in [3.05, 3.63) is 184 Å². The van der Waals surface area contributed by atoms with Gasteiger partial charge in [-0.3, -0.25) is 0 Å². The molecule has 0 radical (unpaired) electrons. The molecule has 0 amide bonds. The minimum atomic E-state index is -0.195. The third-order valence-electron chi connectivity index (χ3n) is 10.5. The summed E-state index contributed by atoms with van der Waals surface area (Å²) in [6.45, 7) is 20.5. The quantitative estimate of drug-likeness (QED) is 0.179. The van der Waals surface area contributed by atoms with Gasteiger partial charge in [-0.1, -0.05) is 130 Å². The van der Waals surface area contributed by atoms with Crippen molar-refractivity contribution in [1.82, 2.24) is 0 Å². The number of hydrogen-bond acceptors (Lipinski definition) is 2. The number of anilines is 3. The van der Waals surface area contributed by atoms with Crippen molar-refractivity contribution in [2.45, 2.75) is 72.1 Å². The van der Waals surface area contributed by atoms with Gasteiger partial charge in [-0.2, -0.15) is 0 Å². The maximum Gasteiger partial charge on any atom is 0.0525 e. The van der Waals surface area contributed by atoms with E-state index in [1.165, 1.54) is 56.0 Å². The predicted octanol–water partition coefficient (Wildman–Crippen LogP) is 12.1. The largest absolute Gasteiger partial charge is 0.347 e. The van der Waals surface area contributed by atoms with Gasteiger partial charge in [0.1, 0.15) is 0 Å². The molecule has 0 unspecified atom stereocenters. The minimum Gasteiger partial charge on any atom is -0.347 e. The molecule has 6 rings (SSSR count). The molecule has 2 heteroatoms. The highest BCUT2D eigenvalue weighted by Crippen LogP contribution is 2.48. The molecule has 2 nitrogen and oxygen atoms in total. The van der Waals surface area contributed by atoms with Crippen LogP contribution in [-0.2, 0) is 10.8 Å². The number of aryl methyl sites for hydroxylation is 3. The van der Waals surface area contributed by atoms with Crippen LogP contribution < -0.4 is 9.80 Å². The van der Waals surface area contributed by atoms with Gasteiger partial charge in [0.2, 0.25) is 0 Å². The SMILES string of the molecule is C=C(/C=C/C1=C(N(c2ccccc2)c2ccccc2)C(=C/C=C2/N(C)c3ccc(C)cc3C2(C)C)/CC1)C(C)(C)c1cc(C)ccc1C. The third-order valence-corrected chi connectivity index (χ3v) is 10.5. The molecular formula is C46H50N2. The first-order chi connectivity index (χ1) is 22.9. The summed E-state index contributed by atoms with van der Waals surface area (Å²) in [5.41, 5.74) is 16.3. The number of para-hydroxylation sites is 2. The van der Waals surface area contributed by atoms with Gasteiger partial charge in [0, 0.05) is 40.6 Å². The first-order valence-corrected chi connectivity index (χ1v) is 17.2. The van der Waals surface area contributed by atoms with E-state index in [0.29, 0.717) is 0 Å². The number of rotatable bonds is 8. The van der Waals surface area contributed by atoms with E-state index in [2.05, 4.69) is 193 Å². The highest BCUT2D eigenvalue weighted by Gasteiger charge is 2.38. The van der Waals surface area contributed by atoms with Gasteiger partial charge < -0.3 is 9.80 Å². The van der Waals surface area contributed by atoms with E-state index in [9.17, 15) is 0 Å². The number of fused-ring (bicyclic) bond motifs is 1. The van der Waals surface area contributed by atoms with Crippen molar-refractivity contribution in [1.29, 1.82) is 0 Å². The Balaban J connectivity index is 1.47. The van der Waals surface area contributed by atoms with Crippen molar-refractivity contribution in [3.63, 3.8) is 0 Å². The molecule has 4 aromatic carbocycles. The Kier molecular flexibility index (Phi) is 8.96. The van der Waals surface area contributed by atoms with Crippen LogP contribution in [0, 0.1) is 20.8 Å². The zero-order chi connectivity index (χ0) is 34.2. The molecule has 0 atom stereocenters. The van der Waals surface area contributed by atoms with E-state index in [1.54, 1.807) is 0 Å². The molecule has 0 aromatic heterocycles. The monoisotopic (exact) mass is 630 g/mol. The fraction of sp³-hybridized carbons (Fsp3) is 0.261. The molecular weight excluding hydrogens is 581 g/mol. The summed E-state index contributed by atoms with van der Waals surface area (Å²) in [4.78, 5) is 4.81. The molecule has 0 N–H and O–H groups in total. The maximum absolute atomic E-state index is 4.63. The Hall–Kier alpha value is -4.82. The summed E-state index contributed by atoms with van der Waals surface area (Å²) >= 11 is 0. The van der Waals surface area contributed by atoms with Crippen LogP contribution in [0.3, 0.4) is 0 Å². The van der Waals surface area contributed by atoms with Crippen LogP contribution in [0.25, 0.3) is 0 Å². The van der Waals surface area contributed by atoms with Crippen molar-refractivity contribution in [2.75, 3.05) is 16.8 Å². The maximum atomic E-state index is 4.63. The molecule has 244 valence electrons. The number of nitrogens with zero attached hydrogens (tertiary/aromatic N) is 2. The molecule has 1 aliphatic heterocycles. The number of likely N-dealkylation sites (N-methyl/N-ethyl adjacent to an activating group) is 1. The van der Waals surface area contributed by atoms with Crippen LogP contribution in [0.1, 0.15) is 68.4 Å². The fourth-order valence-electron chi connectivity index (χ4n) is 7.51. The molecule has 0 saturated carbocycles. The average molecular weight is 631 g/mol. The molecule has 2 aliphatic rings. The summed E-state index contributed by atoms with van der Waals surface area (Å²) in [6.07, 6.45) is 11.3. The van der Waals surface area contributed by atoms with E-state index in [4.69, 9.17) is 0 Å². The average Bonchev–Trinajstić information content (AvgIpc) is 3.55. The lowest BCUT2D eigenvalue weighted by Gasteiger charge is -2.29. The fourth-order valence-corrected chi connectivity index (χ4v) is 7.51. The Labute approximate surface area is 289 Å². The molecule has 0 saturated heterocycles. The smallest absolute Gasteiger partial charge is 0.0525 e. The summed E-state index contributed by atoms with van der Waals surface area (Å²) in [7, 11) is 2.20. The molecule has 0 fully saturated rings. The van der Waals surface area contributed by atoms with Gasteiger partial charge in [-0.25, -0.2) is 0 Å². The van der Waals surface area contributed by atoms with E-state index >= 15 is 0 Å². The second-order valence-corrected chi connectivity index (χ2v) is 14.6. The number of hydrogen-bond donors (Lipinski definition) is 0. The normalized spacial score (nSPS) is 17.5. The van der Waals surface area contributed by atoms with E-state index in [-0.39, 0.29) is 10.8 Å². The van der Waals surface area contributed by atoms with Gasteiger partial charge in [0.25, 0.3) is 0 Å².